The van der Waals surface area contributed by atoms with Crippen molar-refractivity contribution in [3.05, 3.63) is 34.3 Å². The third kappa shape index (κ3) is 3.30. The normalized spacial score (nSPS) is 18.1. The highest BCUT2D eigenvalue weighted by Gasteiger charge is 2.35. The molecule has 0 saturated carbocycles. The maximum absolute atomic E-state index is 12.3. The van der Waals surface area contributed by atoms with Crippen molar-refractivity contribution in [3.8, 4) is 0 Å². The second-order valence-corrected chi connectivity index (χ2v) is 5.87. The molecule has 1 aliphatic rings. The first-order valence-electron chi connectivity index (χ1n) is 6.48. The maximum atomic E-state index is 12.3. The van der Waals surface area contributed by atoms with Gasteiger partial charge in [0, 0.05) is 24.6 Å². The molecule has 1 aliphatic heterocycles. The van der Waals surface area contributed by atoms with E-state index >= 15 is 0 Å². The van der Waals surface area contributed by atoms with Crippen LogP contribution in [-0.2, 0) is 11.3 Å². The molecule has 0 unspecified atom stereocenters. The van der Waals surface area contributed by atoms with Gasteiger partial charge in [-0.1, -0.05) is 28.1 Å². The summed E-state index contributed by atoms with van der Waals surface area (Å²) in [7, 11) is 1.70. The van der Waals surface area contributed by atoms with Crippen molar-refractivity contribution in [1.29, 1.82) is 0 Å². The van der Waals surface area contributed by atoms with E-state index < -0.39 is 12.0 Å². The van der Waals surface area contributed by atoms with Crippen LogP contribution in [0.4, 0.5) is 4.79 Å². The fraction of sp³-hybridized carbons (Fsp3) is 0.429. The summed E-state index contributed by atoms with van der Waals surface area (Å²) in [4.78, 5) is 26.4. The summed E-state index contributed by atoms with van der Waals surface area (Å²) in [6.45, 7) is 0.982. The third-order valence-corrected chi connectivity index (χ3v) is 3.97. The van der Waals surface area contributed by atoms with Crippen LogP contribution in [0.15, 0.2) is 28.7 Å². The van der Waals surface area contributed by atoms with E-state index in [1.165, 1.54) is 4.90 Å². The van der Waals surface area contributed by atoms with Crippen molar-refractivity contribution in [1.82, 2.24) is 9.80 Å². The predicted octanol–water partition coefficient (Wildman–Crippen LogP) is 2.55. The van der Waals surface area contributed by atoms with Crippen LogP contribution in [0.5, 0.6) is 0 Å². The molecule has 0 bridgehead atoms. The zero-order valence-corrected chi connectivity index (χ0v) is 12.8. The Bertz CT molecular complexity index is 504. The van der Waals surface area contributed by atoms with Gasteiger partial charge < -0.3 is 14.9 Å². The zero-order chi connectivity index (χ0) is 14.7. The van der Waals surface area contributed by atoms with Crippen molar-refractivity contribution < 1.29 is 14.7 Å². The number of rotatable bonds is 3. The number of carbonyl (C=O) groups excluding carboxylic acids is 1. The number of carbonyl (C=O) groups is 2. The molecule has 0 radical (unpaired) electrons. The highest BCUT2D eigenvalue weighted by molar-refractivity contribution is 9.10. The van der Waals surface area contributed by atoms with Gasteiger partial charge in [0.05, 0.1) is 0 Å². The van der Waals surface area contributed by atoms with Gasteiger partial charge in [-0.3, -0.25) is 0 Å². The van der Waals surface area contributed by atoms with Crippen molar-refractivity contribution in [2.45, 2.75) is 25.4 Å². The number of hydrogen-bond acceptors (Lipinski definition) is 2. The molecule has 20 heavy (non-hydrogen) atoms. The zero-order valence-electron chi connectivity index (χ0n) is 11.3. The summed E-state index contributed by atoms with van der Waals surface area (Å²) in [6, 6.07) is 6.80. The van der Waals surface area contributed by atoms with Gasteiger partial charge in [0.2, 0.25) is 0 Å². The molecule has 2 amide bonds. The molecule has 1 aromatic rings. The lowest BCUT2D eigenvalue weighted by Gasteiger charge is -2.27. The summed E-state index contributed by atoms with van der Waals surface area (Å²) in [5.74, 6) is -0.923. The Morgan fingerprint density at radius 1 is 1.40 bits per heavy atom. The molecular formula is C14H17BrN2O3. The van der Waals surface area contributed by atoms with Gasteiger partial charge in [0.25, 0.3) is 0 Å². The molecule has 0 aliphatic carbocycles. The lowest BCUT2D eigenvalue weighted by atomic mass is 10.2. The minimum Gasteiger partial charge on any atom is -0.480 e. The van der Waals surface area contributed by atoms with Gasteiger partial charge in [0.1, 0.15) is 6.04 Å². The first-order valence-corrected chi connectivity index (χ1v) is 7.27. The second kappa shape index (κ2) is 6.26. The van der Waals surface area contributed by atoms with Crippen molar-refractivity contribution in [2.24, 2.45) is 0 Å². The molecular weight excluding hydrogens is 324 g/mol. The SMILES string of the molecule is CN(Cc1ccc(Br)cc1)C(=O)N1CCC[C@@H]1C(=O)O. The van der Waals surface area contributed by atoms with Crippen LogP contribution in [0.3, 0.4) is 0 Å². The summed E-state index contributed by atoms with van der Waals surface area (Å²) < 4.78 is 0.987. The molecule has 5 nitrogen and oxygen atoms in total. The third-order valence-electron chi connectivity index (χ3n) is 3.44. The molecule has 0 spiro atoms. The van der Waals surface area contributed by atoms with E-state index in [1.807, 2.05) is 24.3 Å². The Hall–Kier alpha value is -1.56. The predicted molar refractivity (Wildman–Crippen MR) is 78.4 cm³/mol. The Morgan fingerprint density at radius 2 is 2.05 bits per heavy atom. The monoisotopic (exact) mass is 340 g/mol. The van der Waals surface area contributed by atoms with E-state index in [1.54, 1.807) is 11.9 Å². The van der Waals surface area contributed by atoms with Gasteiger partial charge in [-0.25, -0.2) is 9.59 Å². The van der Waals surface area contributed by atoms with Crippen molar-refractivity contribution in [2.75, 3.05) is 13.6 Å². The molecule has 1 aromatic carbocycles. The van der Waals surface area contributed by atoms with E-state index in [0.29, 0.717) is 19.5 Å². The summed E-state index contributed by atoms with van der Waals surface area (Å²) >= 11 is 3.36. The number of aliphatic carboxylic acids is 1. The van der Waals surface area contributed by atoms with Gasteiger partial charge in [-0.15, -0.1) is 0 Å². The molecule has 6 heteroatoms. The molecule has 0 aromatic heterocycles. The number of benzene rings is 1. The molecule has 1 atom stereocenters. The molecule has 1 heterocycles. The van der Waals surface area contributed by atoms with Crippen LogP contribution < -0.4 is 0 Å². The van der Waals surface area contributed by atoms with Crippen molar-refractivity contribution >= 4 is 27.9 Å². The Labute approximate surface area is 126 Å². The molecule has 1 fully saturated rings. The van der Waals surface area contributed by atoms with Crippen LogP contribution in [0.2, 0.25) is 0 Å². The number of carboxylic acid groups (broad SMARTS) is 1. The topological polar surface area (TPSA) is 60.9 Å². The molecule has 1 saturated heterocycles. The first-order chi connectivity index (χ1) is 9.49. The van der Waals surface area contributed by atoms with Gasteiger partial charge >= 0.3 is 12.0 Å². The summed E-state index contributed by atoms with van der Waals surface area (Å²) in [6.07, 6.45) is 1.28. The minimum atomic E-state index is -0.923. The van der Waals surface area contributed by atoms with Crippen LogP contribution >= 0.6 is 15.9 Å². The number of halogens is 1. The van der Waals surface area contributed by atoms with E-state index in [9.17, 15) is 9.59 Å². The maximum Gasteiger partial charge on any atom is 0.326 e. The average molecular weight is 341 g/mol. The number of amides is 2. The van der Waals surface area contributed by atoms with Gasteiger partial charge in [0.15, 0.2) is 0 Å². The highest BCUT2D eigenvalue weighted by Crippen LogP contribution is 2.20. The summed E-state index contributed by atoms with van der Waals surface area (Å²) in [5, 5.41) is 9.12. The lowest BCUT2D eigenvalue weighted by molar-refractivity contribution is -0.141. The largest absolute Gasteiger partial charge is 0.480 e. The van der Waals surface area contributed by atoms with Crippen LogP contribution in [-0.4, -0.2) is 46.5 Å². The Kier molecular flexibility index (Phi) is 4.65. The number of likely N-dealkylation sites (tertiary alicyclic amines) is 1. The van der Waals surface area contributed by atoms with E-state index in [2.05, 4.69) is 15.9 Å². The number of nitrogens with zero attached hydrogens (tertiary/aromatic N) is 2. The van der Waals surface area contributed by atoms with Crippen molar-refractivity contribution in [3.63, 3.8) is 0 Å². The Balaban J connectivity index is 2.01. The van der Waals surface area contributed by atoms with Gasteiger partial charge in [-0.05, 0) is 30.5 Å². The van der Waals surface area contributed by atoms with E-state index in [4.69, 9.17) is 5.11 Å². The van der Waals surface area contributed by atoms with Crippen LogP contribution in [0, 0.1) is 0 Å². The van der Waals surface area contributed by atoms with E-state index in [0.717, 1.165) is 16.5 Å². The average Bonchev–Trinajstić information content (AvgIpc) is 2.90. The van der Waals surface area contributed by atoms with E-state index in [-0.39, 0.29) is 6.03 Å². The number of carboxylic acids is 1. The molecule has 2 rings (SSSR count). The number of urea groups is 1. The quantitative estimate of drug-likeness (QED) is 0.919. The minimum absolute atomic E-state index is 0.224. The molecule has 1 N–H and O–H groups in total. The second-order valence-electron chi connectivity index (χ2n) is 4.95. The lowest BCUT2D eigenvalue weighted by Crippen LogP contribution is -2.46. The summed E-state index contributed by atoms with van der Waals surface area (Å²) in [5.41, 5.74) is 1.01. The van der Waals surface area contributed by atoms with Crippen LogP contribution in [0.1, 0.15) is 18.4 Å². The fourth-order valence-corrected chi connectivity index (χ4v) is 2.67. The van der Waals surface area contributed by atoms with Gasteiger partial charge in [-0.2, -0.15) is 0 Å². The van der Waals surface area contributed by atoms with Crippen LogP contribution in [0.25, 0.3) is 0 Å². The fourth-order valence-electron chi connectivity index (χ4n) is 2.40. The molecule has 108 valence electrons. The number of hydrogen-bond donors (Lipinski definition) is 1. The Morgan fingerprint density at radius 3 is 2.65 bits per heavy atom. The smallest absolute Gasteiger partial charge is 0.326 e. The first kappa shape index (κ1) is 14.8. The highest BCUT2D eigenvalue weighted by atomic mass is 79.9. The standard InChI is InChI=1S/C14H17BrN2O3/c1-16(9-10-4-6-11(15)7-5-10)14(20)17-8-2-3-12(17)13(18)19/h4-7,12H,2-3,8-9H2,1H3,(H,18,19)/t12-/m1/s1.